The maximum absolute atomic E-state index is 6.08. The number of piperidine rings is 1. The van der Waals surface area contributed by atoms with Crippen LogP contribution >= 0.6 is 0 Å². The lowest BCUT2D eigenvalue weighted by Gasteiger charge is -2.28. The number of nitrogens with zero attached hydrogens (tertiary/aromatic N) is 4. The summed E-state index contributed by atoms with van der Waals surface area (Å²) in [5.74, 6) is 2.34. The summed E-state index contributed by atoms with van der Waals surface area (Å²) in [5.41, 5.74) is 6.37. The number of hydrogen-bond donors (Lipinski definition) is 1. The molecule has 0 aromatic carbocycles. The summed E-state index contributed by atoms with van der Waals surface area (Å²) in [6.45, 7) is 2.08. The Bertz CT molecular complexity index is 892. The minimum absolute atomic E-state index is 0.193. The Morgan fingerprint density at radius 3 is 2.69 bits per heavy atom. The number of aromatic nitrogens is 3. The van der Waals surface area contributed by atoms with Gasteiger partial charge in [-0.2, -0.15) is 0 Å². The Kier molecular flexibility index (Phi) is 4.53. The van der Waals surface area contributed by atoms with E-state index in [9.17, 15) is 0 Å². The number of rotatable bonds is 4. The summed E-state index contributed by atoms with van der Waals surface area (Å²) in [6, 6.07) is 7.19. The molecular formula is C19H21N5O2. The summed E-state index contributed by atoms with van der Waals surface area (Å²) in [6.07, 6.45) is 7.21. The van der Waals surface area contributed by atoms with Crippen LogP contribution in [0.25, 0.3) is 10.9 Å². The van der Waals surface area contributed by atoms with Crippen LogP contribution in [0.15, 0.2) is 42.9 Å². The van der Waals surface area contributed by atoms with Crippen LogP contribution in [0.3, 0.4) is 0 Å². The normalized spacial score (nSPS) is 15.9. The first-order valence-electron chi connectivity index (χ1n) is 8.67. The van der Waals surface area contributed by atoms with Gasteiger partial charge in [0.15, 0.2) is 0 Å². The zero-order chi connectivity index (χ0) is 17.9. The largest absolute Gasteiger partial charge is 0.474 e. The van der Waals surface area contributed by atoms with Crippen LogP contribution in [-0.2, 0) is 0 Å². The van der Waals surface area contributed by atoms with Crippen molar-refractivity contribution in [2.24, 2.45) is 0 Å². The number of anilines is 1. The molecule has 0 unspecified atom stereocenters. The first-order valence-corrected chi connectivity index (χ1v) is 8.67. The van der Waals surface area contributed by atoms with Crippen molar-refractivity contribution >= 4 is 16.7 Å². The van der Waals surface area contributed by atoms with E-state index in [1.54, 1.807) is 30.7 Å². The molecule has 3 aromatic heterocycles. The monoisotopic (exact) mass is 351 g/mol. The van der Waals surface area contributed by atoms with E-state index in [1.807, 2.05) is 12.1 Å². The highest BCUT2D eigenvalue weighted by Crippen LogP contribution is 2.30. The molecule has 4 rings (SSSR count). The van der Waals surface area contributed by atoms with E-state index in [1.165, 1.54) is 0 Å². The Balaban J connectivity index is 1.58. The van der Waals surface area contributed by atoms with Crippen LogP contribution in [0.5, 0.6) is 17.4 Å². The highest BCUT2D eigenvalue weighted by molar-refractivity contribution is 5.85. The average molecular weight is 351 g/mol. The van der Waals surface area contributed by atoms with Crippen molar-refractivity contribution < 1.29 is 9.47 Å². The number of likely N-dealkylation sites (tertiary alicyclic amines) is 1. The molecular weight excluding hydrogens is 330 g/mol. The zero-order valence-electron chi connectivity index (χ0n) is 14.6. The summed E-state index contributed by atoms with van der Waals surface area (Å²) in [7, 11) is 2.13. The van der Waals surface area contributed by atoms with Gasteiger partial charge >= 0.3 is 0 Å². The number of hydrogen-bond acceptors (Lipinski definition) is 7. The molecule has 0 aliphatic carbocycles. The molecule has 0 radical (unpaired) electrons. The van der Waals surface area contributed by atoms with Gasteiger partial charge in [-0.1, -0.05) is 0 Å². The summed E-state index contributed by atoms with van der Waals surface area (Å²) < 4.78 is 12.0. The molecule has 1 aliphatic heterocycles. The number of ether oxygens (including phenoxy) is 2. The molecule has 0 atom stereocenters. The number of nitrogen functional groups attached to an aromatic ring is 1. The fourth-order valence-corrected chi connectivity index (χ4v) is 3.01. The molecule has 0 amide bonds. The second-order valence-corrected chi connectivity index (χ2v) is 6.49. The summed E-state index contributed by atoms with van der Waals surface area (Å²) in [4.78, 5) is 15.1. The second kappa shape index (κ2) is 7.13. The van der Waals surface area contributed by atoms with Crippen molar-refractivity contribution in [2.75, 3.05) is 25.9 Å². The molecule has 7 nitrogen and oxygen atoms in total. The van der Waals surface area contributed by atoms with Gasteiger partial charge in [-0.3, -0.25) is 4.98 Å². The second-order valence-electron chi connectivity index (χ2n) is 6.49. The highest BCUT2D eigenvalue weighted by Gasteiger charge is 2.19. The lowest BCUT2D eigenvalue weighted by Crippen LogP contribution is -2.35. The van der Waals surface area contributed by atoms with Crippen LogP contribution in [0.1, 0.15) is 12.8 Å². The van der Waals surface area contributed by atoms with Crippen LogP contribution < -0.4 is 15.2 Å². The smallest absolute Gasteiger partial charge is 0.214 e. The predicted molar refractivity (Wildman–Crippen MR) is 99.4 cm³/mol. The molecule has 4 heterocycles. The zero-order valence-corrected chi connectivity index (χ0v) is 14.6. The van der Waals surface area contributed by atoms with Crippen molar-refractivity contribution in [3.8, 4) is 17.4 Å². The fourth-order valence-electron chi connectivity index (χ4n) is 3.01. The molecule has 3 aromatic rings. The van der Waals surface area contributed by atoms with E-state index in [-0.39, 0.29) is 6.10 Å². The van der Waals surface area contributed by atoms with Crippen molar-refractivity contribution in [3.63, 3.8) is 0 Å². The van der Waals surface area contributed by atoms with Crippen molar-refractivity contribution in [3.05, 3.63) is 42.9 Å². The van der Waals surface area contributed by atoms with Crippen molar-refractivity contribution in [1.29, 1.82) is 0 Å². The van der Waals surface area contributed by atoms with Crippen LogP contribution in [-0.4, -0.2) is 46.1 Å². The Hall–Kier alpha value is -2.93. The van der Waals surface area contributed by atoms with Crippen LogP contribution in [0.2, 0.25) is 0 Å². The van der Waals surface area contributed by atoms with Crippen LogP contribution in [0, 0.1) is 0 Å². The average Bonchev–Trinajstić information content (AvgIpc) is 2.66. The fraction of sp³-hybridized carbons (Fsp3) is 0.316. The van der Waals surface area contributed by atoms with Gasteiger partial charge in [0.05, 0.1) is 17.9 Å². The predicted octanol–water partition coefficient (Wildman–Crippen LogP) is 2.87. The minimum atomic E-state index is 0.193. The van der Waals surface area contributed by atoms with Gasteiger partial charge in [-0.15, -0.1) is 0 Å². The van der Waals surface area contributed by atoms with E-state index in [2.05, 4.69) is 26.9 Å². The molecule has 7 heteroatoms. The van der Waals surface area contributed by atoms with Gasteiger partial charge in [-0.25, -0.2) is 9.97 Å². The lowest BCUT2D eigenvalue weighted by molar-refractivity contribution is 0.110. The van der Waals surface area contributed by atoms with Crippen LogP contribution in [0.4, 0.5) is 5.82 Å². The van der Waals surface area contributed by atoms with E-state index in [0.29, 0.717) is 23.2 Å². The molecule has 0 bridgehead atoms. The van der Waals surface area contributed by atoms with Crippen molar-refractivity contribution in [2.45, 2.75) is 18.9 Å². The Morgan fingerprint density at radius 1 is 1.08 bits per heavy atom. The molecule has 1 aliphatic rings. The molecule has 0 saturated carbocycles. The molecule has 1 fully saturated rings. The third-order valence-electron chi connectivity index (χ3n) is 4.50. The Morgan fingerprint density at radius 2 is 1.92 bits per heavy atom. The summed E-state index contributed by atoms with van der Waals surface area (Å²) >= 11 is 0. The molecule has 1 saturated heterocycles. The van der Waals surface area contributed by atoms with E-state index in [4.69, 9.17) is 15.2 Å². The number of fused-ring (bicyclic) bond motifs is 1. The molecule has 26 heavy (non-hydrogen) atoms. The highest BCUT2D eigenvalue weighted by atomic mass is 16.5. The lowest BCUT2D eigenvalue weighted by atomic mass is 10.1. The molecule has 134 valence electrons. The van der Waals surface area contributed by atoms with Gasteiger partial charge in [0.1, 0.15) is 23.4 Å². The minimum Gasteiger partial charge on any atom is -0.474 e. The maximum atomic E-state index is 6.08. The van der Waals surface area contributed by atoms with Gasteiger partial charge in [0.25, 0.3) is 0 Å². The van der Waals surface area contributed by atoms with Gasteiger partial charge in [0.2, 0.25) is 5.88 Å². The molecule has 2 N–H and O–H groups in total. The van der Waals surface area contributed by atoms with Gasteiger partial charge in [0, 0.05) is 30.7 Å². The topological polar surface area (TPSA) is 86.4 Å². The Labute approximate surface area is 151 Å². The van der Waals surface area contributed by atoms with Crippen molar-refractivity contribution in [1.82, 2.24) is 19.9 Å². The first kappa shape index (κ1) is 16.5. The van der Waals surface area contributed by atoms with Gasteiger partial charge < -0.3 is 20.1 Å². The molecule has 0 spiro atoms. The maximum Gasteiger partial charge on any atom is 0.214 e. The van der Waals surface area contributed by atoms with E-state index in [0.717, 1.165) is 36.8 Å². The standard InChI is InChI=1S/C19H21N5O2/c1-24-8-5-13(6-9-24)26-19-10-15-16(12-23-19)21-7-4-17(15)25-14-2-3-18(20)22-11-14/h2-4,7,10-13H,5-6,8-9H2,1H3,(H2,20,22). The first-order chi connectivity index (χ1) is 12.7. The quantitative estimate of drug-likeness (QED) is 0.773. The third kappa shape index (κ3) is 3.67. The number of nitrogens with two attached hydrogens (primary N) is 1. The third-order valence-corrected chi connectivity index (χ3v) is 4.50. The van der Waals surface area contributed by atoms with E-state index >= 15 is 0 Å². The summed E-state index contributed by atoms with van der Waals surface area (Å²) in [5, 5.41) is 0.849. The van der Waals surface area contributed by atoms with Gasteiger partial charge in [-0.05, 0) is 38.1 Å². The number of pyridine rings is 3. The van der Waals surface area contributed by atoms with E-state index < -0.39 is 0 Å². The SMILES string of the molecule is CN1CCC(Oc2cc3c(Oc4ccc(N)nc4)ccnc3cn2)CC1.